The first kappa shape index (κ1) is 40.8. The molecule has 0 saturated carbocycles. The number of carbonyl (C=O) groups excluding carboxylic acids is 2. The van der Waals surface area contributed by atoms with E-state index in [0.29, 0.717) is 32.2 Å². The van der Waals surface area contributed by atoms with Gasteiger partial charge in [0.2, 0.25) is 14.2 Å². The highest BCUT2D eigenvalue weighted by Gasteiger charge is 2.55. The Morgan fingerprint density at radius 1 is 0.980 bits per heavy atom. The Morgan fingerprint density at radius 3 is 2.18 bits per heavy atom. The molecular formula is C37H59N3O7SSi. The summed E-state index contributed by atoms with van der Waals surface area (Å²) in [6.07, 6.45) is 2.56. The van der Waals surface area contributed by atoms with Gasteiger partial charge in [-0.25, -0.2) is 4.79 Å². The number of rotatable bonds is 19. The summed E-state index contributed by atoms with van der Waals surface area (Å²) in [4.78, 5) is 54.9. The SMILES string of the molecule is CCCCNC(=O)CCC(C)(CCC(=O)OC1[C@@H](CC)O[C@@H](n2ccc(=O)[nH]c2=O)[C@H]1O[Si](C(C)C)(C(C)C)C(C)C)Sc1ccccc1. The highest BCUT2D eigenvalue weighted by molar-refractivity contribution is 8.00. The number of benzene rings is 1. The van der Waals surface area contributed by atoms with E-state index in [9.17, 15) is 19.2 Å². The van der Waals surface area contributed by atoms with Crippen molar-refractivity contribution in [2.24, 2.45) is 0 Å². The lowest BCUT2D eigenvalue weighted by Crippen LogP contribution is -2.54. The van der Waals surface area contributed by atoms with Gasteiger partial charge >= 0.3 is 11.7 Å². The Bertz CT molecular complexity index is 1440. The van der Waals surface area contributed by atoms with E-state index < -0.39 is 48.9 Å². The number of carbonyl (C=O) groups is 2. The maximum Gasteiger partial charge on any atom is 0.330 e. The number of hydrogen-bond donors (Lipinski definition) is 2. The van der Waals surface area contributed by atoms with Crippen LogP contribution in [-0.4, -0.2) is 59.3 Å². The van der Waals surface area contributed by atoms with E-state index in [1.54, 1.807) is 11.8 Å². The third kappa shape index (κ3) is 10.7. The van der Waals surface area contributed by atoms with Gasteiger partial charge in [-0.05, 0) is 54.4 Å². The number of aromatic nitrogens is 2. The molecule has 1 aromatic heterocycles. The minimum atomic E-state index is -2.56. The number of aromatic amines is 1. The zero-order valence-corrected chi connectivity index (χ0v) is 32.8. The molecule has 0 radical (unpaired) electrons. The summed E-state index contributed by atoms with van der Waals surface area (Å²) < 4.78 is 21.0. The second-order valence-electron chi connectivity index (χ2n) is 14.4. The van der Waals surface area contributed by atoms with Crippen molar-refractivity contribution in [1.29, 1.82) is 0 Å². The third-order valence-corrected chi connectivity index (χ3v) is 17.3. The second kappa shape index (κ2) is 18.5. The molecule has 10 nitrogen and oxygen atoms in total. The van der Waals surface area contributed by atoms with E-state index in [4.69, 9.17) is 13.9 Å². The second-order valence-corrected chi connectivity index (χ2v) is 21.5. The molecule has 2 N–H and O–H groups in total. The molecule has 0 bridgehead atoms. The maximum atomic E-state index is 13.8. The summed E-state index contributed by atoms with van der Waals surface area (Å²) >= 11 is 1.67. The number of hydrogen-bond acceptors (Lipinski definition) is 8. The highest BCUT2D eigenvalue weighted by atomic mass is 32.2. The number of esters is 1. The number of ether oxygens (including phenoxy) is 2. The quantitative estimate of drug-likeness (QED) is 0.0669. The van der Waals surface area contributed by atoms with Gasteiger partial charge in [-0.2, -0.15) is 0 Å². The van der Waals surface area contributed by atoms with Crippen LogP contribution in [0.15, 0.2) is 57.1 Å². The highest BCUT2D eigenvalue weighted by Crippen LogP contribution is 2.47. The van der Waals surface area contributed by atoms with Crippen LogP contribution in [0.3, 0.4) is 0 Å². The number of nitrogens with zero attached hydrogens (tertiary/aromatic N) is 1. The van der Waals surface area contributed by atoms with Crippen molar-refractivity contribution in [3.05, 3.63) is 63.4 Å². The Hall–Kier alpha value is -2.67. The number of amides is 1. The zero-order chi connectivity index (χ0) is 36.4. The monoisotopic (exact) mass is 717 g/mol. The normalized spacial score (nSPS) is 20.9. The van der Waals surface area contributed by atoms with Crippen molar-refractivity contribution in [2.75, 3.05) is 6.54 Å². The topological polar surface area (TPSA) is 129 Å². The average Bonchev–Trinajstić information content (AvgIpc) is 3.37. The molecule has 1 aliphatic rings. The predicted molar refractivity (Wildman–Crippen MR) is 198 cm³/mol. The summed E-state index contributed by atoms with van der Waals surface area (Å²) in [7, 11) is -2.56. The maximum absolute atomic E-state index is 13.8. The van der Waals surface area contributed by atoms with Crippen LogP contribution in [-0.2, 0) is 23.5 Å². The summed E-state index contributed by atoms with van der Waals surface area (Å²) in [5, 5.41) is 3.01. The van der Waals surface area contributed by atoms with Gasteiger partial charge < -0.3 is 19.2 Å². The smallest absolute Gasteiger partial charge is 0.330 e. The summed E-state index contributed by atoms with van der Waals surface area (Å²) in [5.41, 5.74) is -0.421. The Kier molecular flexibility index (Phi) is 15.4. The van der Waals surface area contributed by atoms with Crippen LogP contribution < -0.4 is 16.6 Å². The third-order valence-electron chi connectivity index (χ3n) is 9.83. The van der Waals surface area contributed by atoms with Gasteiger partial charge in [-0.1, -0.05) is 86.9 Å². The lowest BCUT2D eigenvalue weighted by Gasteiger charge is -2.45. The van der Waals surface area contributed by atoms with Crippen LogP contribution in [0.5, 0.6) is 0 Å². The number of nitrogens with one attached hydrogen (secondary N) is 2. The van der Waals surface area contributed by atoms with E-state index in [-0.39, 0.29) is 34.9 Å². The van der Waals surface area contributed by atoms with Gasteiger partial charge in [0.15, 0.2) is 12.3 Å². The summed E-state index contributed by atoms with van der Waals surface area (Å²) in [6.45, 7) is 19.9. The van der Waals surface area contributed by atoms with Crippen molar-refractivity contribution in [3.63, 3.8) is 0 Å². The van der Waals surface area contributed by atoms with E-state index >= 15 is 0 Å². The van der Waals surface area contributed by atoms with Crippen molar-refractivity contribution < 1.29 is 23.5 Å². The van der Waals surface area contributed by atoms with Crippen LogP contribution in [0, 0.1) is 0 Å². The molecule has 2 aromatic rings. The fourth-order valence-electron chi connectivity index (χ4n) is 7.25. The Labute approximate surface area is 297 Å². The predicted octanol–water partition coefficient (Wildman–Crippen LogP) is 7.34. The van der Waals surface area contributed by atoms with E-state index in [2.05, 4.69) is 65.7 Å². The Balaban J connectivity index is 1.90. The number of thioether (sulfide) groups is 1. The molecule has 1 aliphatic heterocycles. The average molecular weight is 718 g/mol. The van der Waals surface area contributed by atoms with Crippen LogP contribution >= 0.6 is 11.8 Å². The first-order valence-corrected chi connectivity index (χ1v) is 21.0. The number of unbranched alkanes of at least 4 members (excludes halogenated alkanes) is 1. The number of H-pyrrole nitrogens is 1. The molecule has 1 fully saturated rings. The molecule has 49 heavy (non-hydrogen) atoms. The summed E-state index contributed by atoms with van der Waals surface area (Å²) in [5.74, 6) is -0.366. The van der Waals surface area contributed by atoms with Crippen LogP contribution in [0.25, 0.3) is 0 Å². The zero-order valence-electron chi connectivity index (χ0n) is 31.0. The van der Waals surface area contributed by atoms with Gasteiger partial charge in [0.25, 0.3) is 5.56 Å². The molecular weight excluding hydrogens is 659 g/mol. The molecule has 3 rings (SSSR count). The Morgan fingerprint density at radius 2 is 1.61 bits per heavy atom. The largest absolute Gasteiger partial charge is 0.457 e. The fourth-order valence-corrected chi connectivity index (χ4v) is 14.1. The van der Waals surface area contributed by atoms with Crippen molar-refractivity contribution in [3.8, 4) is 0 Å². The molecule has 0 aliphatic carbocycles. The van der Waals surface area contributed by atoms with Gasteiger partial charge in [0, 0.05) is 41.3 Å². The fraction of sp³-hybridized carbons (Fsp3) is 0.676. The lowest BCUT2D eigenvalue weighted by atomic mass is 9.98. The first-order chi connectivity index (χ1) is 23.2. The minimum absolute atomic E-state index is 0.0152. The molecule has 2 heterocycles. The molecule has 5 atom stereocenters. The van der Waals surface area contributed by atoms with Crippen LogP contribution in [0.4, 0.5) is 0 Å². The van der Waals surface area contributed by atoms with Crippen LogP contribution in [0.2, 0.25) is 16.6 Å². The lowest BCUT2D eigenvalue weighted by molar-refractivity contribution is -0.155. The van der Waals surface area contributed by atoms with Crippen molar-refractivity contribution in [1.82, 2.24) is 14.9 Å². The molecule has 1 aromatic carbocycles. The van der Waals surface area contributed by atoms with E-state index in [1.165, 1.54) is 16.8 Å². The van der Waals surface area contributed by atoms with Gasteiger partial charge in [-0.3, -0.25) is 23.9 Å². The molecule has 1 saturated heterocycles. The molecule has 2 unspecified atom stereocenters. The van der Waals surface area contributed by atoms with Crippen molar-refractivity contribution >= 4 is 32.0 Å². The van der Waals surface area contributed by atoms with Gasteiger partial charge in [0.1, 0.15) is 6.10 Å². The van der Waals surface area contributed by atoms with Crippen molar-refractivity contribution in [2.45, 2.75) is 158 Å². The standard InChI is InChI=1S/C37H59N3O7SSi/c1-10-12-23-38-30(41)18-21-37(9,48-28-16-14-13-15-17-28)22-19-32(43)46-33-29(11-2)45-35(40-24-20-31(42)39-36(40)44)34(33)47-49(25(3)4,26(5)6)27(7)8/h13-17,20,24-27,29,33-35H,10-12,18-19,21-23H2,1-9H3,(H,38,41)(H,39,42,44)/t29-,33?,34+,35-,37?/m1/s1. The molecule has 12 heteroatoms. The first-order valence-electron chi connectivity index (χ1n) is 18.0. The van der Waals surface area contributed by atoms with E-state index in [1.807, 2.05) is 37.3 Å². The van der Waals surface area contributed by atoms with E-state index in [0.717, 1.165) is 17.7 Å². The molecule has 274 valence electrons. The van der Waals surface area contributed by atoms with Crippen LogP contribution in [0.1, 0.15) is 113 Å². The minimum Gasteiger partial charge on any atom is -0.457 e. The summed E-state index contributed by atoms with van der Waals surface area (Å²) in [6, 6.07) is 11.3. The van der Waals surface area contributed by atoms with Gasteiger partial charge in [-0.15, -0.1) is 11.8 Å². The molecule has 1 amide bonds. The van der Waals surface area contributed by atoms with Gasteiger partial charge in [0.05, 0.1) is 6.10 Å². The molecule has 0 spiro atoms.